The van der Waals surface area contributed by atoms with Crippen molar-refractivity contribution >= 4 is 15.8 Å². The molecule has 5 heteroatoms. The molecule has 0 heterocycles. The number of esters is 1. The van der Waals surface area contributed by atoms with E-state index in [9.17, 15) is 13.2 Å². The summed E-state index contributed by atoms with van der Waals surface area (Å²) in [4.78, 5) is 12.4. The van der Waals surface area contributed by atoms with E-state index in [1.807, 2.05) is 6.92 Å². The predicted octanol–water partition coefficient (Wildman–Crippen LogP) is 3.45. The van der Waals surface area contributed by atoms with E-state index < -0.39 is 9.84 Å². The number of rotatable bonds is 5. The van der Waals surface area contributed by atoms with Gasteiger partial charge in [-0.15, -0.1) is 0 Å². The second kappa shape index (κ2) is 7.77. The van der Waals surface area contributed by atoms with Crippen molar-refractivity contribution in [3.8, 4) is 0 Å². The second-order valence-corrected chi connectivity index (χ2v) is 7.96. The molecule has 1 aromatic carbocycles. The molecule has 4 nitrogen and oxygen atoms in total. The van der Waals surface area contributed by atoms with Crippen molar-refractivity contribution in [2.45, 2.75) is 44.4 Å². The van der Waals surface area contributed by atoms with E-state index in [-0.39, 0.29) is 17.6 Å². The number of benzene rings is 1. The molecule has 0 radical (unpaired) electrons. The molecule has 1 atom stereocenters. The molecular weight excluding hydrogens is 312 g/mol. The van der Waals surface area contributed by atoms with Crippen molar-refractivity contribution in [3.05, 3.63) is 41.5 Å². The zero-order valence-electron chi connectivity index (χ0n) is 13.7. The lowest BCUT2D eigenvalue weighted by atomic mass is 9.84. The molecule has 23 heavy (non-hydrogen) atoms. The van der Waals surface area contributed by atoms with Crippen LogP contribution in [0.15, 0.2) is 40.8 Å². The van der Waals surface area contributed by atoms with E-state index in [0.717, 1.165) is 36.8 Å². The number of aryl methyl sites for hydroxylation is 1. The summed E-state index contributed by atoms with van der Waals surface area (Å²) >= 11 is 0. The molecule has 0 amide bonds. The van der Waals surface area contributed by atoms with Crippen molar-refractivity contribution in [1.82, 2.24) is 0 Å². The van der Waals surface area contributed by atoms with Gasteiger partial charge < -0.3 is 4.74 Å². The Kier molecular flexibility index (Phi) is 5.99. The van der Waals surface area contributed by atoms with Gasteiger partial charge in [0.1, 0.15) is 0 Å². The van der Waals surface area contributed by atoms with Crippen LogP contribution in [-0.2, 0) is 19.4 Å². The minimum atomic E-state index is -3.37. The summed E-state index contributed by atoms with van der Waals surface area (Å²) in [5.74, 6) is -0.579. The van der Waals surface area contributed by atoms with E-state index in [0.29, 0.717) is 11.5 Å². The van der Waals surface area contributed by atoms with E-state index in [1.54, 1.807) is 37.3 Å². The first-order valence-electron chi connectivity index (χ1n) is 8.09. The van der Waals surface area contributed by atoms with E-state index in [2.05, 4.69) is 0 Å². The van der Waals surface area contributed by atoms with Gasteiger partial charge in [0.05, 0.1) is 23.2 Å². The molecule has 0 aliphatic heterocycles. The summed E-state index contributed by atoms with van der Waals surface area (Å²) in [6.07, 6.45) is 5.20. The van der Waals surface area contributed by atoms with Crippen molar-refractivity contribution in [1.29, 1.82) is 0 Å². The summed E-state index contributed by atoms with van der Waals surface area (Å²) in [6.45, 7) is 4.06. The molecule has 2 rings (SSSR count). The fourth-order valence-corrected chi connectivity index (χ4v) is 4.03. The van der Waals surface area contributed by atoms with Crippen LogP contribution in [0.2, 0.25) is 0 Å². The minimum Gasteiger partial charge on any atom is -0.466 e. The van der Waals surface area contributed by atoms with Gasteiger partial charge in [0.2, 0.25) is 0 Å². The lowest BCUT2D eigenvalue weighted by molar-refractivity contribution is -0.147. The zero-order chi connectivity index (χ0) is 16.9. The number of sulfone groups is 1. The monoisotopic (exact) mass is 336 g/mol. The number of carbonyl (C=O) groups is 1. The number of carbonyl (C=O) groups excluding carboxylic acids is 1. The highest BCUT2D eigenvalue weighted by atomic mass is 32.2. The van der Waals surface area contributed by atoms with Gasteiger partial charge in [-0.25, -0.2) is 8.42 Å². The lowest BCUT2D eigenvalue weighted by Crippen LogP contribution is -2.23. The first-order valence-corrected chi connectivity index (χ1v) is 9.74. The number of hydrogen-bond acceptors (Lipinski definition) is 4. The highest BCUT2D eigenvalue weighted by molar-refractivity contribution is 7.91. The minimum absolute atomic E-state index is 0.0682. The summed E-state index contributed by atoms with van der Waals surface area (Å²) in [5, 5.41) is 0. The van der Waals surface area contributed by atoms with Crippen LogP contribution < -0.4 is 0 Å². The predicted molar refractivity (Wildman–Crippen MR) is 89.9 cm³/mol. The van der Waals surface area contributed by atoms with Crippen LogP contribution in [0, 0.1) is 12.8 Å². The second-order valence-electron chi connectivity index (χ2n) is 5.92. The Hall–Kier alpha value is -1.62. The average molecular weight is 336 g/mol. The van der Waals surface area contributed by atoms with Crippen molar-refractivity contribution < 1.29 is 17.9 Å². The van der Waals surface area contributed by atoms with Crippen LogP contribution in [-0.4, -0.2) is 26.7 Å². The smallest absolute Gasteiger partial charge is 0.313 e. The fraction of sp³-hybridized carbons (Fsp3) is 0.500. The molecule has 0 N–H and O–H groups in total. The van der Waals surface area contributed by atoms with Crippen LogP contribution >= 0.6 is 0 Å². The van der Waals surface area contributed by atoms with E-state index >= 15 is 0 Å². The van der Waals surface area contributed by atoms with Gasteiger partial charge >= 0.3 is 5.97 Å². The molecule has 0 spiro atoms. The van der Waals surface area contributed by atoms with Crippen LogP contribution in [0.5, 0.6) is 0 Å². The van der Waals surface area contributed by atoms with Gasteiger partial charge in [0.15, 0.2) is 9.84 Å². The maximum Gasteiger partial charge on any atom is 0.313 e. The van der Waals surface area contributed by atoms with Crippen LogP contribution in [0.3, 0.4) is 0 Å². The fourth-order valence-electron chi connectivity index (χ4n) is 2.85. The Labute approximate surface area is 138 Å². The third-order valence-electron chi connectivity index (χ3n) is 4.17. The summed E-state index contributed by atoms with van der Waals surface area (Å²) < 4.78 is 30.0. The zero-order valence-corrected chi connectivity index (χ0v) is 14.6. The van der Waals surface area contributed by atoms with Gasteiger partial charge in [-0.1, -0.05) is 35.8 Å². The van der Waals surface area contributed by atoms with Gasteiger partial charge in [0.25, 0.3) is 0 Å². The maximum absolute atomic E-state index is 12.4. The summed E-state index contributed by atoms with van der Waals surface area (Å²) in [5.41, 5.74) is 1.93. The van der Waals surface area contributed by atoms with Gasteiger partial charge in [-0.2, -0.15) is 0 Å². The molecule has 126 valence electrons. The maximum atomic E-state index is 12.4. The highest BCUT2D eigenvalue weighted by Crippen LogP contribution is 2.30. The van der Waals surface area contributed by atoms with Crippen LogP contribution in [0.4, 0.5) is 0 Å². The molecule has 0 aromatic heterocycles. The molecule has 1 unspecified atom stereocenters. The molecule has 1 fully saturated rings. The van der Waals surface area contributed by atoms with Crippen LogP contribution in [0.25, 0.3) is 0 Å². The van der Waals surface area contributed by atoms with Crippen molar-refractivity contribution in [3.63, 3.8) is 0 Å². The highest BCUT2D eigenvalue weighted by Gasteiger charge is 2.27. The third kappa shape index (κ3) is 4.67. The normalized spacial score (nSPS) is 20.4. The first kappa shape index (κ1) is 17.7. The SMILES string of the molecule is CCOC(=O)C1CCCCC1=CCS(=O)(=O)c1ccc(C)cc1. The number of ether oxygens (including phenoxy) is 1. The Morgan fingerprint density at radius 1 is 1.26 bits per heavy atom. The molecule has 1 aromatic rings. The van der Waals surface area contributed by atoms with Crippen molar-refractivity contribution in [2.75, 3.05) is 12.4 Å². The van der Waals surface area contributed by atoms with Crippen LogP contribution in [0.1, 0.15) is 38.2 Å². The molecule has 0 saturated heterocycles. The molecule has 1 aliphatic rings. The summed E-state index contributed by atoms with van der Waals surface area (Å²) in [7, 11) is -3.37. The molecule has 1 aliphatic carbocycles. The van der Waals surface area contributed by atoms with Gasteiger partial charge in [0, 0.05) is 0 Å². The Morgan fingerprint density at radius 3 is 2.61 bits per heavy atom. The lowest BCUT2D eigenvalue weighted by Gasteiger charge is -2.23. The summed E-state index contributed by atoms with van der Waals surface area (Å²) in [6, 6.07) is 6.85. The van der Waals surface area contributed by atoms with Gasteiger partial charge in [-0.05, 0) is 45.2 Å². The third-order valence-corrected chi connectivity index (χ3v) is 5.77. The quantitative estimate of drug-likeness (QED) is 0.610. The number of hydrogen-bond donors (Lipinski definition) is 0. The van der Waals surface area contributed by atoms with Crippen molar-refractivity contribution in [2.24, 2.45) is 5.92 Å². The molecular formula is C18H24O4S. The molecule has 1 saturated carbocycles. The standard InChI is InChI=1S/C18H24O4S/c1-3-22-18(19)17-7-5-4-6-15(17)12-13-23(20,21)16-10-8-14(2)9-11-16/h8-12,17H,3-7,13H2,1-2H3. The Morgan fingerprint density at radius 2 is 1.96 bits per heavy atom. The largest absolute Gasteiger partial charge is 0.466 e. The molecule has 0 bridgehead atoms. The average Bonchev–Trinajstić information content (AvgIpc) is 2.54. The first-order chi connectivity index (χ1) is 10.9. The Balaban J connectivity index is 2.15. The Bertz CT molecular complexity index is 671. The van der Waals surface area contributed by atoms with E-state index in [4.69, 9.17) is 4.74 Å². The van der Waals surface area contributed by atoms with Gasteiger partial charge in [-0.3, -0.25) is 4.79 Å². The van der Waals surface area contributed by atoms with E-state index in [1.165, 1.54) is 0 Å². The topological polar surface area (TPSA) is 60.4 Å².